The minimum Gasteiger partial charge on any atom is -0.444 e. The van der Waals surface area contributed by atoms with Crippen molar-refractivity contribution in [2.45, 2.75) is 71.1 Å². The van der Waals surface area contributed by atoms with E-state index in [9.17, 15) is 4.79 Å². The molecule has 6 heteroatoms. The number of hydrogen-bond donors (Lipinski definition) is 0. The second-order valence-electron chi connectivity index (χ2n) is 10.0. The third-order valence-electron chi connectivity index (χ3n) is 6.52. The third-order valence-corrected chi connectivity index (χ3v) is 6.74. The van der Waals surface area contributed by atoms with Gasteiger partial charge in [-0.1, -0.05) is 11.6 Å². The van der Waals surface area contributed by atoms with Crippen LogP contribution < -0.4 is 0 Å². The van der Waals surface area contributed by atoms with Gasteiger partial charge < -0.3 is 14.4 Å². The molecule has 4 rings (SSSR count). The average molecular weight is 435 g/mol. The monoisotopic (exact) mass is 434 g/mol. The van der Waals surface area contributed by atoms with E-state index in [1.54, 1.807) is 0 Å². The van der Waals surface area contributed by atoms with Crippen LogP contribution in [0.1, 0.15) is 69.2 Å². The number of likely N-dealkylation sites (tertiary alicyclic amines) is 1. The minimum atomic E-state index is -0.488. The summed E-state index contributed by atoms with van der Waals surface area (Å²) in [6.07, 6.45) is 5.08. The number of benzene rings is 1. The van der Waals surface area contributed by atoms with E-state index in [0.29, 0.717) is 0 Å². The van der Waals surface area contributed by atoms with Crippen LogP contribution in [0.25, 0.3) is 0 Å². The lowest BCUT2D eigenvalue weighted by atomic mass is 9.89. The van der Waals surface area contributed by atoms with Crippen LogP contribution >= 0.6 is 11.6 Å². The molecule has 0 unspecified atom stereocenters. The summed E-state index contributed by atoms with van der Waals surface area (Å²) in [5, 5.41) is 0.776. The Labute approximate surface area is 185 Å². The largest absolute Gasteiger partial charge is 0.444 e. The van der Waals surface area contributed by atoms with Gasteiger partial charge in [0, 0.05) is 44.4 Å². The van der Waals surface area contributed by atoms with Crippen LogP contribution in [0.15, 0.2) is 12.1 Å². The molecule has 0 spiro atoms. The molecule has 2 saturated heterocycles. The van der Waals surface area contributed by atoms with Gasteiger partial charge in [-0.25, -0.2) is 4.79 Å². The van der Waals surface area contributed by atoms with Gasteiger partial charge in [0.05, 0.1) is 6.04 Å². The van der Waals surface area contributed by atoms with Crippen molar-refractivity contribution in [3.63, 3.8) is 0 Å². The van der Waals surface area contributed by atoms with Gasteiger partial charge in [-0.2, -0.15) is 0 Å². The molecule has 30 heavy (non-hydrogen) atoms. The van der Waals surface area contributed by atoms with Crippen molar-refractivity contribution in [2.24, 2.45) is 5.92 Å². The second kappa shape index (κ2) is 9.05. The van der Waals surface area contributed by atoms with Gasteiger partial charge >= 0.3 is 6.09 Å². The first kappa shape index (κ1) is 21.9. The fourth-order valence-electron chi connectivity index (χ4n) is 5.09. The Balaban J connectivity index is 1.55. The summed E-state index contributed by atoms with van der Waals surface area (Å²) in [6, 6.07) is 4.26. The van der Waals surface area contributed by atoms with Crippen LogP contribution in [-0.2, 0) is 22.4 Å². The first-order valence-corrected chi connectivity index (χ1v) is 11.8. The van der Waals surface area contributed by atoms with Crippen LogP contribution in [0.2, 0.25) is 5.02 Å². The Morgan fingerprint density at radius 3 is 2.70 bits per heavy atom. The Bertz CT molecular complexity index is 770. The number of fused-ring (bicyclic) bond motifs is 1. The maximum atomic E-state index is 12.9. The van der Waals surface area contributed by atoms with E-state index in [4.69, 9.17) is 21.1 Å². The average Bonchev–Trinajstić information content (AvgIpc) is 3.17. The van der Waals surface area contributed by atoms with Crippen molar-refractivity contribution in [3.8, 4) is 0 Å². The number of halogens is 1. The van der Waals surface area contributed by atoms with Crippen molar-refractivity contribution >= 4 is 17.7 Å². The molecule has 3 heterocycles. The second-order valence-corrected chi connectivity index (χ2v) is 10.4. The van der Waals surface area contributed by atoms with E-state index in [0.717, 1.165) is 82.4 Å². The molecule has 1 amide bonds. The quantitative estimate of drug-likeness (QED) is 0.655. The number of ether oxygens (including phenoxy) is 2. The van der Waals surface area contributed by atoms with E-state index in [2.05, 4.69) is 17.0 Å². The summed E-state index contributed by atoms with van der Waals surface area (Å²) < 4.78 is 11.2. The lowest BCUT2D eigenvalue weighted by Gasteiger charge is -2.36. The number of carbonyl (C=O) groups excluding carboxylic acids is 1. The number of hydrogen-bond acceptors (Lipinski definition) is 4. The fourth-order valence-corrected chi connectivity index (χ4v) is 5.34. The zero-order valence-corrected chi connectivity index (χ0v) is 19.3. The SMILES string of the molecule is CC(C)(C)OC(=O)N1CCC[C@H]1c1cc(Cl)cc2c1CN(CC1CCOCC1)CC2. The van der Waals surface area contributed by atoms with Crippen LogP contribution in [0.5, 0.6) is 0 Å². The summed E-state index contributed by atoms with van der Waals surface area (Å²) in [5.74, 6) is 0.723. The van der Waals surface area contributed by atoms with Gasteiger partial charge in [-0.05, 0) is 87.6 Å². The van der Waals surface area contributed by atoms with Gasteiger partial charge in [0.2, 0.25) is 0 Å². The zero-order chi connectivity index (χ0) is 21.3. The molecule has 1 aromatic carbocycles. The van der Waals surface area contributed by atoms with Crippen LogP contribution in [0, 0.1) is 5.92 Å². The van der Waals surface area contributed by atoms with Gasteiger partial charge in [-0.15, -0.1) is 0 Å². The molecule has 1 aromatic rings. The molecule has 3 aliphatic heterocycles. The van der Waals surface area contributed by atoms with Crippen LogP contribution in [0.4, 0.5) is 4.79 Å². The van der Waals surface area contributed by atoms with Crippen molar-refractivity contribution in [2.75, 3.05) is 32.8 Å². The van der Waals surface area contributed by atoms with E-state index in [1.807, 2.05) is 25.7 Å². The molecular weight excluding hydrogens is 400 g/mol. The summed E-state index contributed by atoms with van der Waals surface area (Å²) in [5.41, 5.74) is 3.45. The molecule has 5 nitrogen and oxygen atoms in total. The Morgan fingerprint density at radius 1 is 1.20 bits per heavy atom. The highest BCUT2D eigenvalue weighted by Crippen LogP contribution is 2.39. The lowest BCUT2D eigenvalue weighted by Crippen LogP contribution is -2.39. The smallest absolute Gasteiger partial charge is 0.410 e. The molecule has 166 valence electrons. The Hall–Kier alpha value is -1.30. The lowest BCUT2D eigenvalue weighted by molar-refractivity contribution is 0.0223. The maximum absolute atomic E-state index is 12.9. The third kappa shape index (κ3) is 5.12. The predicted molar refractivity (Wildman–Crippen MR) is 119 cm³/mol. The normalized spacial score (nSPS) is 23.5. The van der Waals surface area contributed by atoms with E-state index in [-0.39, 0.29) is 12.1 Å². The highest BCUT2D eigenvalue weighted by molar-refractivity contribution is 6.30. The first-order chi connectivity index (χ1) is 14.3. The minimum absolute atomic E-state index is 0.0512. The molecule has 1 atom stereocenters. The summed E-state index contributed by atoms with van der Waals surface area (Å²) in [4.78, 5) is 17.4. The number of rotatable bonds is 3. The first-order valence-electron chi connectivity index (χ1n) is 11.4. The highest BCUT2D eigenvalue weighted by atomic mass is 35.5. The summed E-state index contributed by atoms with van der Waals surface area (Å²) in [6.45, 7) is 11.4. The summed E-state index contributed by atoms with van der Waals surface area (Å²) in [7, 11) is 0. The maximum Gasteiger partial charge on any atom is 0.410 e. The molecule has 2 fully saturated rings. The van der Waals surface area contributed by atoms with Crippen LogP contribution in [0.3, 0.4) is 0 Å². The van der Waals surface area contributed by atoms with Gasteiger partial charge in [-0.3, -0.25) is 4.90 Å². The van der Waals surface area contributed by atoms with E-state index >= 15 is 0 Å². The molecule has 0 aliphatic carbocycles. The Morgan fingerprint density at radius 2 is 1.97 bits per heavy atom. The molecule has 0 N–H and O–H groups in total. The molecule has 0 saturated carbocycles. The highest BCUT2D eigenvalue weighted by Gasteiger charge is 2.36. The number of nitrogens with zero attached hydrogens (tertiary/aromatic N) is 2. The molecule has 0 radical (unpaired) electrons. The molecular formula is C24H35ClN2O3. The number of carbonyl (C=O) groups is 1. The molecule has 0 bridgehead atoms. The van der Waals surface area contributed by atoms with Crippen molar-refractivity contribution in [1.29, 1.82) is 0 Å². The van der Waals surface area contributed by atoms with E-state index < -0.39 is 5.60 Å². The molecule has 3 aliphatic rings. The fraction of sp³-hybridized carbons (Fsp3) is 0.708. The van der Waals surface area contributed by atoms with Crippen LogP contribution in [-0.4, -0.2) is 54.3 Å². The van der Waals surface area contributed by atoms with Crippen molar-refractivity contribution < 1.29 is 14.3 Å². The molecule has 0 aromatic heterocycles. The van der Waals surface area contributed by atoms with Crippen molar-refractivity contribution in [3.05, 3.63) is 33.8 Å². The van der Waals surface area contributed by atoms with Gasteiger partial charge in [0.25, 0.3) is 0 Å². The summed E-state index contributed by atoms with van der Waals surface area (Å²) >= 11 is 6.52. The van der Waals surface area contributed by atoms with Crippen molar-refractivity contribution in [1.82, 2.24) is 9.80 Å². The Kier molecular flexibility index (Phi) is 6.61. The topological polar surface area (TPSA) is 42.0 Å². The van der Waals surface area contributed by atoms with Gasteiger partial charge in [0.1, 0.15) is 5.60 Å². The van der Waals surface area contributed by atoms with Gasteiger partial charge in [0.15, 0.2) is 0 Å². The standard InChI is InChI=1S/C24H35ClN2O3/c1-24(2,3)30-23(28)27-9-4-5-22(27)20-14-19(25)13-18-6-10-26(16-21(18)20)15-17-7-11-29-12-8-17/h13-14,17,22H,4-12,15-16H2,1-3H3/t22-/m0/s1. The predicted octanol–water partition coefficient (Wildman–Crippen LogP) is 5.20. The van der Waals surface area contributed by atoms with E-state index in [1.165, 1.54) is 16.7 Å². The number of amides is 1. The zero-order valence-electron chi connectivity index (χ0n) is 18.6.